The van der Waals surface area contributed by atoms with Gasteiger partial charge in [0, 0.05) is 10.0 Å². The van der Waals surface area contributed by atoms with Crippen molar-refractivity contribution >= 4 is 74.5 Å². The highest BCUT2D eigenvalue weighted by Gasteiger charge is 2.26. The van der Waals surface area contributed by atoms with Crippen molar-refractivity contribution in [3.8, 4) is 0 Å². The van der Waals surface area contributed by atoms with Crippen LogP contribution in [0.4, 0.5) is 10.7 Å². The molecule has 0 aliphatic carbocycles. The van der Waals surface area contributed by atoms with Crippen molar-refractivity contribution in [1.82, 2.24) is 9.78 Å². The molecule has 0 unspecified atom stereocenters. The Morgan fingerprint density at radius 1 is 1.12 bits per heavy atom. The molecule has 3 aromatic rings. The van der Waals surface area contributed by atoms with Gasteiger partial charge in [-0.1, -0.05) is 29.3 Å². The first-order valence-electron chi connectivity index (χ1n) is 9.93. The number of aromatic nitrogens is 2. The zero-order chi connectivity index (χ0) is 25.2. The second kappa shape index (κ2) is 10.7. The van der Waals surface area contributed by atoms with Gasteiger partial charge >= 0.3 is 11.9 Å². The van der Waals surface area contributed by atoms with Gasteiger partial charge in [0.05, 0.1) is 43.4 Å². The quantitative estimate of drug-likeness (QED) is 0.308. The summed E-state index contributed by atoms with van der Waals surface area (Å²) in [4.78, 5) is 24.7. The van der Waals surface area contributed by atoms with E-state index in [-0.39, 0.29) is 15.6 Å². The van der Waals surface area contributed by atoms with Gasteiger partial charge in [-0.25, -0.2) is 9.59 Å². The number of esters is 2. The number of rotatable bonds is 6. The number of anilines is 2. The average molecular weight is 541 g/mol. The van der Waals surface area contributed by atoms with E-state index in [1.165, 1.54) is 14.2 Å². The van der Waals surface area contributed by atoms with Gasteiger partial charge in [-0.2, -0.15) is 5.10 Å². The molecule has 8 nitrogen and oxygen atoms in total. The van der Waals surface area contributed by atoms with Crippen LogP contribution in [0.1, 0.15) is 42.5 Å². The van der Waals surface area contributed by atoms with Gasteiger partial charge in [0.25, 0.3) is 0 Å². The number of carbonyl (C=O) groups excluding carboxylic acids is 2. The third kappa shape index (κ3) is 5.35. The molecule has 2 heterocycles. The maximum Gasteiger partial charge on any atom is 0.348 e. The fourth-order valence-electron chi connectivity index (χ4n) is 3.33. The number of nitrogens with zero attached hydrogens (tertiary/aromatic N) is 2. The molecule has 3 rings (SSSR count). The highest BCUT2D eigenvalue weighted by molar-refractivity contribution is 7.80. The third-order valence-electron chi connectivity index (χ3n) is 5.09. The molecule has 0 spiro atoms. The first kappa shape index (κ1) is 26.0. The van der Waals surface area contributed by atoms with Crippen LogP contribution in [0.25, 0.3) is 0 Å². The third-order valence-corrected chi connectivity index (χ3v) is 7.07. The molecule has 12 heteroatoms. The summed E-state index contributed by atoms with van der Waals surface area (Å²) in [6.07, 6.45) is 0. The van der Waals surface area contributed by atoms with E-state index >= 15 is 0 Å². The molecule has 0 fully saturated rings. The van der Waals surface area contributed by atoms with Crippen LogP contribution in [0, 0.1) is 20.8 Å². The van der Waals surface area contributed by atoms with E-state index in [4.69, 9.17) is 44.9 Å². The van der Waals surface area contributed by atoms with Gasteiger partial charge in [0.15, 0.2) is 5.11 Å². The van der Waals surface area contributed by atoms with Crippen LogP contribution in [0.2, 0.25) is 10.0 Å². The normalized spacial score (nSPS) is 10.7. The number of methoxy groups -OCH3 is 2. The van der Waals surface area contributed by atoms with Crippen LogP contribution >= 0.6 is 46.8 Å². The SMILES string of the molecule is COC(=O)c1sc(NC(=S)Nc2c(C)nn(Cc3ccc(Cl)cc3Cl)c2C)c(C(=O)OC)c1C. The molecule has 0 radical (unpaired) electrons. The van der Waals surface area contributed by atoms with Gasteiger partial charge in [-0.3, -0.25) is 4.68 Å². The lowest BCUT2D eigenvalue weighted by Gasteiger charge is -2.12. The minimum absolute atomic E-state index is 0.220. The van der Waals surface area contributed by atoms with Gasteiger partial charge in [-0.05, 0) is 56.2 Å². The summed E-state index contributed by atoms with van der Waals surface area (Å²) in [7, 11) is 2.55. The van der Waals surface area contributed by atoms with Crippen molar-refractivity contribution in [2.24, 2.45) is 0 Å². The number of thiophene rings is 1. The second-order valence-corrected chi connectivity index (χ2v) is 9.53. The van der Waals surface area contributed by atoms with E-state index in [1.54, 1.807) is 23.7 Å². The van der Waals surface area contributed by atoms with Crippen molar-refractivity contribution < 1.29 is 19.1 Å². The Labute approximate surface area is 216 Å². The van der Waals surface area contributed by atoms with E-state index < -0.39 is 11.9 Å². The minimum Gasteiger partial charge on any atom is -0.465 e. The summed E-state index contributed by atoms with van der Waals surface area (Å²) in [6, 6.07) is 5.32. The molecule has 2 N–H and O–H groups in total. The van der Waals surface area contributed by atoms with E-state index in [9.17, 15) is 9.59 Å². The fraction of sp³-hybridized carbons (Fsp3) is 0.273. The largest absolute Gasteiger partial charge is 0.465 e. The maximum absolute atomic E-state index is 12.3. The summed E-state index contributed by atoms with van der Waals surface area (Å²) in [5.41, 5.74) is 3.81. The molecule has 34 heavy (non-hydrogen) atoms. The summed E-state index contributed by atoms with van der Waals surface area (Å²) in [5.74, 6) is -1.14. The number of hydrogen-bond acceptors (Lipinski definition) is 7. The molecule has 0 saturated heterocycles. The lowest BCUT2D eigenvalue weighted by Crippen LogP contribution is -2.21. The molecule has 0 amide bonds. The zero-order valence-electron chi connectivity index (χ0n) is 19.0. The van der Waals surface area contributed by atoms with Crippen LogP contribution in [-0.2, 0) is 16.0 Å². The van der Waals surface area contributed by atoms with Gasteiger partial charge in [0.2, 0.25) is 0 Å². The van der Waals surface area contributed by atoms with Crippen molar-refractivity contribution in [1.29, 1.82) is 0 Å². The maximum atomic E-state index is 12.3. The highest BCUT2D eigenvalue weighted by Crippen LogP contribution is 2.34. The monoisotopic (exact) mass is 540 g/mol. The molecule has 0 aliphatic rings. The van der Waals surface area contributed by atoms with Crippen molar-refractivity contribution in [2.75, 3.05) is 24.9 Å². The summed E-state index contributed by atoms with van der Waals surface area (Å²) >= 11 is 18.8. The number of halogens is 2. The average Bonchev–Trinajstić information content (AvgIpc) is 3.25. The zero-order valence-corrected chi connectivity index (χ0v) is 22.2. The van der Waals surface area contributed by atoms with Crippen LogP contribution in [0.5, 0.6) is 0 Å². The van der Waals surface area contributed by atoms with E-state index in [0.29, 0.717) is 32.8 Å². The van der Waals surface area contributed by atoms with Crippen LogP contribution in [0.3, 0.4) is 0 Å². The molecule has 0 bridgehead atoms. The fourth-order valence-corrected chi connectivity index (χ4v) is 5.18. The summed E-state index contributed by atoms with van der Waals surface area (Å²) in [5, 5.41) is 12.4. The highest BCUT2D eigenvalue weighted by atomic mass is 35.5. The predicted molar refractivity (Wildman–Crippen MR) is 139 cm³/mol. The molecular formula is C22H22Cl2N4O4S2. The summed E-state index contributed by atoms with van der Waals surface area (Å²) in [6.45, 7) is 5.85. The Hall–Kier alpha value is -2.66. The Kier molecular flexibility index (Phi) is 8.19. The lowest BCUT2D eigenvalue weighted by atomic mass is 10.1. The molecule has 0 atom stereocenters. The number of carbonyl (C=O) groups is 2. The number of ether oxygens (including phenoxy) is 2. The van der Waals surface area contributed by atoms with Gasteiger partial charge in [-0.15, -0.1) is 11.3 Å². The van der Waals surface area contributed by atoms with Crippen LogP contribution < -0.4 is 10.6 Å². The van der Waals surface area contributed by atoms with Gasteiger partial charge < -0.3 is 20.1 Å². The Bertz CT molecular complexity index is 1290. The van der Waals surface area contributed by atoms with Crippen LogP contribution in [0.15, 0.2) is 18.2 Å². The molecular weight excluding hydrogens is 519 g/mol. The van der Waals surface area contributed by atoms with Crippen molar-refractivity contribution in [2.45, 2.75) is 27.3 Å². The standard InChI is InChI=1S/C22H22Cl2N4O4S2/c1-10-16(20(29)31-4)19(34-18(10)21(30)32-5)26-22(33)25-17-11(2)27-28(12(17)3)9-13-6-7-14(23)8-15(13)24/h6-8H,9H2,1-5H3,(H2,25,26,33). The first-order chi connectivity index (χ1) is 16.1. The molecule has 180 valence electrons. The van der Waals surface area contributed by atoms with Crippen molar-refractivity contribution in [3.63, 3.8) is 0 Å². The predicted octanol–water partition coefficient (Wildman–Crippen LogP) is 5.61. The number of nitrogens with one attached hydrogen (secondary N) is 2. The smallest absolute Gasteiger partial charge is 0.348 e. The molecule has 2 aromatic heterocycles. The number of hydrogen-bond donors (Lipinski definition) is 2. The first-order valence-corrected chi connectivity index (χ1v) is 11.9. The summed E-state index contributed by atoms with van der Waals surface area (Å²) < 4.78 is 11.5. The molecule has 0 saturated carbocycles. The van der Waals surface area contributed by atoms with Crippen LogP contribution in [-0.4, -0.2) is 41.1 Å². The molecule has 1 aromatic carbocycles. The lowest BCUT2D eigenvalue weighted by molar-refractivity contribution is 0.0601. The number of thiocarbonyl (C=S) groups is 1. The van der Waals surface area contributed by atoms with E-state index in [2.05, 4.69) is 15.7 Å². The van der Waals surface area contributed by atoms with E-state index in [1.807, 2.05) is 19.9 Å². The van der Waals surface area contributed by atoms with Gasteiger partial charge in [0.1, 0.15) is 9.88 Å². The second-order valence-electron chi connectivity index (χ2n) is 7.26. The van der Waals surface area contributed by atoms with E-state index in [0.717, 1.165) is 28.3 Å². The Morgan fingerprint density at radius 3 is 2.41 bits per heavy atom. The minimum atomic E-state index is -0.589. The Morgan fingerprint density at radius 2 is 1.79 bits per heavy atom. The Balaban J connectivity index is 1.84. The number of aryl methyl sites for hydroxylation is 1. The molecule has 0 aliphatic heterocycles. The topological polar surface area (TPSA) is 94.5 Å². The van der Waals surface area contributed by atoms with Crippen molar-refractivity contribution in [3.05, 3.63) is 61.2 Å². The number of benzene rings is 1.